The Hall–Kier alpha value is -1.37. The average Bonchev–Trinajstić information content (AvgIpc) is 2.28. The zero-order valence-electron chi connectivity index (χ0n) is 6.72. The summed E-state index contributed by atoms with van der Waals surface area (Å²) in [5.74, 6) is -1.39. The van der Waals surface area contributed by atoms with Crippen molar-refractivity contribution in [3.8, 4) is 0 Å². The van der Waals surface area contributed by atoms with Gasteiger partial charge in [-0.3, -0.25) is 0 Å². The van der Waals surface area contributed by atoms with Crippen molar-refractivity contribution in [1.29, 1.82) is 0 Å². The molecule has 1 heterocycles. The lowest BCUT2D eigenvalue weighted by atomic mass is 10.5. The molecular formula is C6H7NO5S. The van der Waals surface area contributed by atoms with E-state index in [2.05, 4.69) is 9.73 Å². The summed E-state index contributed by atoms with van der Waals surface area (Å²) in [6.45, 7) is 1.70. The molecule has 0 atom stereocenters. The Morgan fingerprint density at radius 2 is 2.31 bits per heavy atom. The van der Waals surface area contributed by atoms with Gasteiger partial charge in [0.05, 0.1) is 12.0 Å². The van der Waals surface area contributed by atoms with Crippen molar-refractivity contribution in [3.05, 3.63) is 11.1 Å². The summed E-state index contributed by atoms with van der Waals surface area (Å²) in [4.78, 5) is 13.6. The Morgan fingerprint density at radius 1 is 1.69 bits per heavy atom. The van der Waals surface area contributed by atoms with Crippen LogP contribution in [0.25, 0.3) is 0 Å². The van der Waals surface area contributed by atoms with Crippen molar-refractivity contribution in [2.75, 3.05) is 6.61 Å². The maximum atomic E-state index is 11.1. The number of sulfone groups is 1. The van der Waals surface area contributed by atoms with E-state index in [1.807, 2.05) is 0 Å². The molecule has 0 saturated carbocycles. The standard InChI is InChI=1S/C6H7NO5S/c1-2-12-6-7-4(5(8)9)3-13(6,10)11/h3H,2H2,1H3,(H,8,9). The second-order valence-corrected chi connectivity index (χ2v) is 3.84. The molecule has 0 amide bonds. The Balaban J connectivity index is 3.05. The Kier molecular flexibility index (Phi) is 2.37. The maximum Gasteiger partial charge on any atom is 0.355 e. The van der Waals surface area contributed by atoms with Gasteiger partial charge < -0.3 is 9.84 Å². The van der Waals surface area contributed by atoms with Crippen LogP contribution < -0.4 is 0 Å². The van der Waals surface area contributed by atoms with Gasteiger partial charge in [0.15, 0.2) is 5.70 Å². The first-order chi connectivity index (χ1) is 5.97. The quantitative estimate of drug-likeness (QED) is 0.670. The molecule has 0 bridgehead atoms. The molecule has 1 aliphatic rings. The first-order valence-electron chi connectivity index (χ1n) is 3.39. The minimum atomic E-state index is -3.76. The number of carbonyl (C=O) groups is 1. The molecule has 1 N–H and O–H groups in total. The van der Waals surface area contributed by atoms with Crippen LogP contribution in [0.5, 0.6) is 0 Å². The van der Waals surface area contributed by atoms with E-state index in [1.54, 1.807) is 6.92 Å². The van der Waals surface area contributed by atoms with Crippen molar-refractivity contribution < 1.29 is 23.1 Å². The van der Waals surface area contributed by atoms with Gasteiger partial charge in [0.2, 0.25) is 0 Å². The maximum absolute atomic E-state index is 11.1. The van der Waals surface area contributed by atoms with Crippen LogP contribution in [-0.2, 0) is 19.4 Å². The zero-order chi connectivity index (χ0) is 10.1. The Labute approximate surface area is 74.5 Å². The SMILES string of the molecule is CCOC1=NC(C(=O)O)=CS1(=O)=O. The lowest BCUT2D eigenvalue weighted by Crippen LogP contribution is -2.12. The smallest absolute Gasteiger partial charge is 0.355 e. The van der Waals surface area contributed by atoms with Crippen LogP contribution in [0.4, 0.5) is 0 Å². The van der Waals surface area contributed by atoms with E-state index in [-0.39, 0.29) is 6.61 Å². The van der Waals surface area contributed by atoms with Crippen molar-refractivity contribution in [1.82, 2.24) is 0 Å². The highest BCUT2D eigenvalue weighted by Crippen LogP contribution is 2.15. The lowest BCUT2D eigenvalue weighted by molar-refractivity contribution is -0.132. The van der Waals surface area contributed by atoms with Crippen molar-refractivity contribution in [2.45, 2.75) is 6.92 Å². The van der Waals surface area contributed by atoms with Gasteiger partial charge in [-0.2, -0.15) is 4.99 Å². The summed E-state index contributed by atoms with van der Waals surface area (Å²) in [6, 6.07) is 0. The topological polar surface area (TPSA) is 93.0 Å². The summed E-state index contributed by atoms with van der Waals surface area (Å²) in [5.41, 5.74) is -0.525. The van der Waals surface area contributed by atoms with Crippen LogP contribution in [0, 0.1) is 0 Å². The van der Waals surface area contributed by atoms with Gasteiger partial charge in [0, 0.05) is 0 Å². The van der Waals surface area contributed by atoms with Crippen LogP contribution in [0.2, 0.25) is 0 Å². The number of aliphatic imine (C=N–C) groups is 1. The molecule has 7 heteroatoms. The molecule has 1 aliphatic heterocycles. The zero-order valence-corrected chi connectivity index (χ0v) is 7.54. The van der Waals surface area contributed by atoms with Gasteiger partial charge in [-0.25, -0.2) is 13.2 Å². The second kappa shape index (κ2) is 3.17. The molecule has 6 nitrogen and oxygen atoms in total. The number of nitrogens with zero attached hydrogens (tertiary/aromatic N) is 1. The van der Waals surface area contributed by atoms with Gasteiger partial charge in [-0.05, 0) is 6.92 Å². The molecule has 0 unspecified atom stereocenters. The van der Waals surface area contributed by atoms with E-state index in [9.17, 15) is 13.2 Å². The molecule has 0 fully saturated rings. The van der Waals surface area contributed by atoms with Crippen molar-refractivity contribution >= 4 is 21.0 Å². The first-order valence-corrected chi connectivity index (χ1v) is 4.93. The predicted octanol–water partition coefficient (Wildman–Crippen LogP) is -0.267. The summed E-state index contributed by atoms with van der Waals surface area (Å²) in [5, 5.41) is 8.46. The van der Waals surface area contributed by atoms with Crippen LogP contribution in [0.1, 0.15) is 6.92 Å². The monoisotopic (exact) mass is 205 g/mol. The Bertz CT molecular complexity index is 391. The third-order valence-corrected chi connectivity index (χ3v) is 2.44. The fourth-order valence-electron chi connectivity index (χ4n) is 0.722. The molecule has 72 valence electrons. The van der Waals surface area contributed by atoms with E-state index in [0.717, 1.165) is 0 Å². The summed E-state index contributed by atoms with van der Waals surface area (Å²) in [7, 11) is -3.76. The van der Waals surface area contributed by atoms with E-state index >= 15 is 0 Å². The highest BCUT2D eigenvalue weighted by molar-refractivity contribution is 8.08. The molecule has 0 spiro atoms. The number of carboxylic acid groups (broad SMARTS) is 1. The molecule has 0 aromatic heterocycles. The fraction of sp³-hybridized carbons (Fsp3) is 0.333. The molecule has 13 heavy (non-hydrogen) atoms. The molecule has 0 saturated heterocycles. The van der Waals surface area contributed by atoms with E-state index < -0.39 is 26.7 Å². The first kappa shape index (κ1) is 9.72. The van der Waals surface area contributed by atoms with Crippen molar-refractivity contribution in [3.63, 3.8) is 0 Å². The number of ether oxygens (including phenoxy) is 1. The van der Waals surface area contributed by atoms with E-state index in [0.29, 0.717) is 5.41 Å². The largest absolute Gasteiger partial charge is 0.476 e. The predicted molar refractivity (Wildman–Crippen MR) is 43.7 cm³/mol. The van der Waals surface area contributed by atoms with Gasteiger partial charge >= 0.3 is 11.2 Å². The Morgan fingerprint density at radius 3 is 2.69 bits per heavy atom. The number of carboxylic acids is 1. The molecule has 0 radical (unpaired) electrons. The van der Waals surface area contributed by atoms with Crippen LogP contribution in [-0.4, -0.2) is 31.3 Å². The van der Waals surface area contributed by atoms with Gasteiger partial charge in [-0.15, -0.1) is 0 Å². The van der Waals surface area contributed by atoms with Crippen LogP contribution in [0.3, 0.4) is 0 Å². The third kappa shape index (κ3) is 1.86. The minimum absolute atomic E-state index is 0.124. The van der Waals surface area contributed by atoms with E-state index in [4.69, 9.17) is 5.11 Å². The molecular weight excluding hydrogens is 198 g/mol. The van der Waals surface area contributed by atoms with Gasteiger partial charge in [-0.1, -0.05) is 0 Å². The highest BCUT2D eigenvalue weighted by Gasteiger charge is 2.29. The molecule has 0 aromatic carbocycles. The molecule has 0 aromatic rings. The van der Waals surface area contributed by atoms with Crippen LogP contribution >= 0.6 is 0 Å². The summed E-state index contributed by atoms with van der Waals surface area (Å²) in [6.07, 6.45) is 0. The number of hydrogen-bond acceptors (Lipinski definition) is 5. The third-order valence-electron chi connectivity index (χ3n) is 1.21. The van der Waals surface area contributed by atoms with Gasteiger partial charge in [0.1, 0.15) is 0 Å². The molecule has 0 aliphatic carbocycles. The number of rotatable bonds is 2. The highest BCUT2D eigenvalue weighted by atomic mass is 32.2. The van der Waals surface area contributed by atoms with Crippen LogP contribution in [0.15, 0.2) is 16.1 Å². The van der Waals surface area contributed by atoms with E-state index in [1.165, 1.54) is 0 Å². The number of aliphatic carboxylic acids is 1. The lowest BCUT2D eigenvalue weighted by Gasteiger charge is -1.98. The normalized spacial score (nSPS) is 19.2. The number of hydrogen-bond donors (Lipinski definition) is 1. The summed E-state index contributed by atoms with van der Waals surface area (Å²) < 4.78 is 26.8. The minimum Gasteiger partial charge on any atom is -0.476 e. The fourth-order valence-corrected chi connectivity index (χ4v) is 1.78. The van der Waals surface area contributed by atoms with Crippen molar-refractivity contribution in [2.24, 2.45) is 4.99 Å². The average molecular weight is 205 g/mol. The second-order valence-electron chi connectivity index (χ2n) is 2.16. The molecule has 1 rings (SSSR count). The van der Waals surface area contributed by atoms with Gasteiger partial charge in [0.25, 0.3) is 9.84 Å². The summed E-state index contributed by atoms with van der Waals surface area (Å²) >= 11 is 0.